The van der Waals surface area contributed by atoms with Gasteiger partial charge in [0.05, 0.1) is 5.52 Å². The smallest absolute Gasteiger partial charge is 0.137 e. The number of aryl methyl sites for hydroxylation is 2. The van der Waals surface area contributed by atoms with Crippen molar-refractivity contribution in [2.24, 2.45) is 0 Å². The van der Waals surface area contributed by atoms with Crippen LogP contribution in [0.15, 0.2) is 79.1 Å². The third-order valence-corrected chi connectivity index (χ3v) is 5.00. The Hall–Kier alpha value is -3.33. The van der Waals surface area contributed by atoms with Gasteiger partial charge in [-0.05, 0) is 59.9 Å². The molecule has 0 saturated heterocycles. The summed E-state index contributed by atoms with van der Waals surface area (Å²) in [7, 11) is 0. The summed E-state index contributed by atoms with van der Waals surface area (Å²) >= 11 is 0. The number of rotatable bonds is 6. The number of benzene rings is 2. The third kappa shape index (κ3) is 4.15. The third-order valence-electron chi connectivity index (χ3n) is 5.00. The van der Waals surface area contributed by atoms with Gasteiger partial charge in [0.15, 0.2) is 0 Å². The fourth-order valence-corrected chi connectivity index (χ4v) is 3.50. The fraction of sp³-hybridized carbons (Fsp3) is 0.160. The highest BCUT2D eigenvalue weighted by molar-refractivity contribution is 5.84. The molecule has 28 heavy (non-hydrogen) atoms. The summed E-state index contributed by atoms with van der Waals surface area (Å²) in [5.41, 5.74) is 6.51. The summed E-state index contributed by atoms with van der Waals surface area (Å²) in [5.74, 6) is 0.258. The van der Waals surface area contributed by atoms with E-state index in [0.717, 1.165) is 39.7 Å². The van der Waals surface area contributed by atoms with Gasteiger partial charge in [-0.25, -0.2) is 0 Å². The minimum atomic E-state index is 0.258. The summed E-state index contributed by atoms with van der Waals surface area (Å²) in [4.78, 5) is 21.1. The van der Waals surface area contributed by atoms with Crippen LogP contribution in [0, 0.1) is 6.92 Å². The van der Waals surface area contributed by atoms with E-state index < -0.39 is 0 Å². The number of aromatic nitrogens is 2. The highest BCUT2D eigenvalue weighted by Gasteiger charge is 2.08. The number of carbonyl (C=O) groups excluding carboxylic acids is 1. The monoisotopic (exact) mass is 366 g/mol. The molecule has 0 spiro atoms. The summed E-state index contributed by atoms with van der Waals surface area (Å²) in [6.45, 7) is 1.99. The molecule has 4 rings (SSSR count). The SMILES string of the molecule is Cc1cc(-c2ccc(CC(=O)CCc3ccnc4ccccc34)cc2)ccn1. The van der Waals surface area contributed by atoms with Gasteiger partial charge in [0.2, 0.25) is 0 Å². The van der Waals surface area contributed by atoms with Gasteiger partial charge in [-0.15, -0.1) is 0 Å². The van der Waals surface area contributed by atoms with E-state index in [0.29, 0.717) is 12.8 Å². The van der Waals surface area contributed by atoms with Crippen molar-refractivity contribution in [1.29, 1.82) is 0 Å². The predicted octanol–water partition coefficient (Wildman–Crippen LogP) is 5.35. The molecule has 0 aliphatic rings. The van der Waals surface area contributed by atoms with Gasteiger partial charge in [0.1, 0.15) is 5.78 Å². The molecule has 138 valence electrons. The summed E-state index contributed by atoms with van der Waals surface area (Å²) in [6.07, 6.45) is 5.40. The van der Waals surface area contributed by atoms with Gasteiger partial charge in [-0.2, -0.15) is 0 Å². The van der Waals surface area contributed by atoms with Gasteiger partial charge in [0.25, 0.3) is 0 Å². The van der Waals surface area contributed by atoms with E-state index in [2.05, 4.69) is 34.2 Å². The number of carbonyl (C=O) groups is 1. The van der Waals surface area contributed by atoms with Crippen molar-refractivity contribution in [3.63, 3.8) is 0 Å². The molecule has 2 heterocycles. The first-order chi connectivity index (χ1) is 13.7. The van der Waals surface area contributed by atoms with Crippen LogP contribution in [0.4, 0.5) is 0 Å². The average molecular weight is 366 g/mol. The summed E-state index contributed by atoms with van der Waals surface area (Å²) < 4.78 is 0. The molecule has 0 N–H and O–H groups in total. The lowest BCUT2D eigenvalue weighted by atomic mass is 9.98. The molecular weight excluding hydrogens is 344 g/mol. The molecule has 0 amide bonds. The van der Waals surface area contributed by atoms with Crippen molar-refractivity contribution in [1.82, 2.24) is 9.97 Å². The van der Waals surface area contributed by atoms with E-state index in [1.54, 1.807) is 0 Å². The quantitative estimate of drug-likeness (QED) is 0.462. The maximum atomic E-state index is 12.5. The van der Waals surface area contributed by atoms with Gasteiger partial charge in [-0.1, -0.05) is 42.5 Å². The van der Waals surface area contributed by atoms with Crippen LogP contribution in [0.2, 0.25) is 0 Å². The van der Waals surface area contributed by atoms with E-state index in [9.17, 15) is 4.79 Å². The summed E-state index contributed by atoms with van der Waals surface area (Å²) in [6, 6.07) is 22.4. The van der Waals surface area contributed by atoms with Crippen molar-refractivity contribution < 1.29 is 4.79 Å². The Morgan fingerprint density at radius 1 is 0.857 bits per heavy atom. The highest BCUT2D eigenvalue weighted by atomic mass is 16.1. The van der Waals surface area contributed by atoms with Gasteiger partial charge in [-0.3, -0.25) is 14.8 Å². The lowest BCUT2D eigenvalue weighted by molar-refractivity contribution is -0.118. The van der Waals surface area contributed by atoms with E-state index >= 15 is 0 Å². The zero-order chi connectivity index (χ0) is 19.3. The molecule has 0 fully saturated rings. The molecule has 0 atom stereocenters. The van der Waals surface area contributed by atoms with Crippen LogP contribution in [0.5, 0.6) is 0 Å². The first kappa shape index (κ1) is 18.1. The maximum absolute atomic E-state index is 12.5. The standard InChI is InChI=1S/C25H22N2O/c1-18-16-22(13-14-26-18)20-8-6-19(7-9-20)17-23(28)11-10-21-12-15-27-25-5-3-2-4-24(21)25/h2-9,12-16H,10-11,17H2,1H3. The Morgan fingerprint density at radius 3 is 2.46 bits per heavy atom. The van der Waals surface area contributed by atoms with Crippen molar-refractivity contribution >= 4 is 16.7 Å². The molecule has 2 aromatic carbocycles. The Balaban J connectivity index is 1.40. The molecule has 0 bridgehead atoms. The zero-order valence-electron chi connectivity index (χ0n) is 15.9. The maximum Gasteiger partial charge on any atom is 0.137 e. The molecular formula is C25H22N2O. The molecule has 2 aromatic heterocycles. The normalized spacial score (nSPS) is 10.9. The van der Waals surface area contributed by atoms with Crippen LogP contribution in [-0.4, -0.2) is 15.8 Å². The number of pyridine rings is 2. The average Bonchev–Trinajstić information content (AvgIpc) is 2.73. The Kier molecular flexibility index (Phi) is 5.24. The lowest BCUT2D eigenvalue weighted by Gasteiger charge is -2.07. The van der Waals surface area contributed by atoms with Crippen molar-refractivity contribution in [3.8, 4) is 11.1 Å². The van der Waals surface area contributed by atoms with E-state index in [1.165, 1.54) is 5.56 Å². The lowest BCUT2D eigenvalue weighted by Crippen LogP contribution is -2.04. The number of para-hydroxylation sites is 1. The van der Waals surface area contributed by atoms with Crippen LogP contribution in [0.3, 0.4) is 0 Å². The van der Waals surface area contributed by atoms with Crippen LogP contribution in [0.1, 0.15) is 23.2 Å². The Labute approximate surface area is 165 Å². The van der Waals surface area contributed by atoms with Crippen molar-refractivity contribution in [2.75, 3.05) is 0 Å². The number of ketones is 1. The number of nitrogens with zero attached hydrogens (tertiary/aromatic N) is 2. The van der Waals surface area contributed by atoms with Crippen LogP contribution < -0.4 is 0 Å². The molecule has 3 nitrogen and oxygen atoms in total. The fourth-order valence-electron chi connectivity index (χ4n) is 3.50. The second kappa shape index (κ2) is 8.13. The predicted molar refractivity (Wildman–Crippen MR) is 113 cm³/mol. The Bertz CT molecular complexity index is 1110. The summed E-state index contributed by atoms with van der Waals surface area (Å²) in [5, 5.41) is 1.13. The second-order valence-electron chi connectivity index (χ2n) is 7.09. The molecule has 0 unspecified atom stereocenters. The molecule has 0 radical (unpaired) electrons. The molecule has 3 heteroatoms. The zero-order valence-corrected chi connectivity index (χ0v) is 15.9. The number of hydrogen-bond donors (Lipinski definition) is 0. The minimum absolute atomic E-state index is 0.258. The van der Waals surface area contributed by atoms with Gasteiger partial charge >= 0.3 is 0 Å². The van der Waals surface area contributed by atoms with Crippen molar-refractivity contribution in [3.05, 3.63) is 95.9 Å². The topological polar surface area (TPSA) is 42.9 Å². The first-order valence-electron chi connectivity index (χ1n) is 9.55. The van der Waals surface area contributed by atoms with Gasteiger partial charge in [0, 0.05) is 36.3 Å². The van der Waals surface area contributed by atoms with Crippen LogP contribution in [0.25, 0.3) is 22.0 Å². The van der Waals surface area contributed by atoms with Crippen molar-refractivity contribution in [2.45, 2.75) is 26.2 Å². The first-order valence-corrected chi connectivity index (χ1v) is 9.55. The molecule has 4 aromatic rings. The number of fused-ring (bicyclic) bond motifs is 1. The number of Topliss-reactive ketones (excluding diaryl/α,β-unsaturated/α-hetero) is 1. The Morgan fingerprint density at radius 2 is 1.64 bits per heavy atom. The largest absolute Gasteiger partial charge is 0.299 e. The van der Waals surface area contributed by atoms with E-state index in [4.69, 9.17) is 0 Å². The van der Waals surface area contributed by atoms with Crippen LogP contribution >= 0.6 is 0 Å². The minimum Gasteiger partial charge on any atom is -0.299 e. The highest BCUT2D eigenvalue weighted by Crippen LogP contribution is 2.21. The van der Waals surface area contributed by atoms with Gasteiger partial charge < -0.3 is 0 Å². The molecule has 0 aliphatic heterocycles. The molecule has 0 aliphatic carbocycles. The van der Waals surface area contributed by atoms with Crippen LogP contribution in [-0.2, 0) is 17.6 Å². The van der Waals surface area contributed by atoms with E-state index in [1.807, 2.05) is 61.8 Å². The van der Waals surface area contributed by atoms with E-state index in [-0.39, 0.29) is 5.78 Å². The molecule has 0 saturated carbocycles. The second-order valence-corrected chi connectivity index (χ2v) is 7.09. The number of hydrogen-bond acceptors (Lipinski definition) is 3.